The molecule has 80 valence electrons. The fourth-order valence-electron chi connectivity index (χ4n) is 1.24. The molecule has 0 atom stereocenters. The summed E-state index contributed by atoms with van der Waals surface area (Å²) in [7, 11) is 1.82. The number of aryl methyl sites for hydroxylation is 1. The van der Waals surface area contributed by atoms with E-state index in [1.807, 2.05) is 13.1 Å². The number of aromatic nitrogens is 3. The number of halogens is 1. The van der Waals surface area contributed by atoms with Gasteiger partial charge in [-0.25, -0.2) is 4.98 Å². The zero-order valence-corrected chi connectivity index (χ0v) is 9.23. The van der Waals surface area contributed by atoms with Crippen LogP contribution in [0, 0.1) is 11.3 Å². The maximum absolute atomic E-state index is 8.77. The SMILES string of the molecule is Cn1ccc(Nc2cc(C#N)cc(Cl)n2)n1. The molecule has 0 aromatic carbocycles. The van der Waals surface area contributed by atoms with Crippen LogP contribution in [-0.2, 0) is 7.05 Å². The van der Waals surface area contributed by atoms with Crippen molar-refractivity contribution >= 4 is 23.2 Å². The number of pyridine rings is 1. The molecule has 2 rings (SSSR count). The summed E-state index contributed by atoms with van der Waals surface area (Å²) in [4.78, 5) is 4.04. The highest BCUT2D eigenvalue weighted by Gasteiger charge is 2.02. The van der Waals surface area contributed by atoms with Crippen LogP contribution in [0.4, 0.5) is 11.6 Å². The minimum Gasteiger partial charge on any atom is -0.323 e. The number of anilines is 2. The molecule has 0 radical (unpaired) electrons. The van der Waals surface area contributed by atoms with Gasteiger partial charge < -0.3 is 5.32 Å². The van der Waals surface area contributed by atoms with E-state index in [9.17, 15) is 0 Å². The van der Waals surface area contributed by atoms with Gasteiger partial charge in [-0.2, -0.15) is 10.4 Å². The lowest BCUT2D eigenvalue weighted by molar-refractivity contribution is 0.771. The molecule has 2 aromatic heterocycles. The van der Waals surface area contributed by atoms with E-state index in [-0.39, 0.29) is 5.15 Å². The first-order valence-corrected chi connectivity index (χ1v) is 4.89. The Morgan fingerprint density at radius 3 is 2.88 bits per heavy atom. The van der Waals surface area contributed by atoms with Gasteiger partial charge in [0.25, 0.3) is 0 Å². The van der Waals surface area contributed by atoms with E-state index in [0.717, 1.165) is 0 Å². The largest absolute Gasteiger partial charge is 0.323 e. The van der Waals surface area contributed by atoms with Gasteiger partial charge in [-0.15, -0.1) is 0 Å². The number of rotatable bonds is 2. The third-order valence-electron chi connectivity index (χ3n) is 1.89. The molecule has 0 aliphatic rings. The second kappa shape index (κ2) is 4.21. The molecular formula is C10H8ClN5. The van der Waals surface area contributed by atoms with E-state index in [1.165, 1.54) is 6.07 Å². The Kier molecular flexibility index (Phi) is 2.75. The van der Waals surface area contributed by atoms with Gasteiger partial charge in [0.1, 0.15) is 11.0 Å². The maximum atomic E-state index is 8.77. The van der Waals surface area contributed by atoms with Crippen molar-refractivity contribution in [1.82, 2.24) is 14.8 Å². The summed E-state index contributed by atoms with van der Waals surface area (Å²) < 4.78 is 1.66. The third kappa shape index (κ3) is 2.30. The van der Waals surface area contributed by atoms with Crippen LogP contribution in [0.3, 0.4) is 0 Å². The van der Waals surface area contributed by atoms with Crippen molar-refractivity contribution in [2.24, 2.45) is 7.05 Å². The zero-order valence-electron chi connectivity index (χ0n) is 8.48. The van der Waals surface area contributed by atoms with E-state index < -0.39 is 0 Å². The normalized spacial score (nSPS) is 9.81. The molecular weight excluding hydrogens is 226 g/mol. The molecule has 0 saturated carbocycles. The molecule has 16 heavy (non-hydrogen) atoms. The molecule has 0 fully saturated rings. The number of nitrogens with one attached hydrogen (secondary N) is 1. The molecule has 0 spiro atoms. The van der Waals surface area contributed by atoms with Gasteiger partial charge >= 0.3 is 0 Å². The summed E-state index contributed by atoms with van der Waals surface area (Å²) in [5.41, 5.74) is 0.457. The van der Waals surface area contributed by atoms with Crippen molar-refractivity contribution in [3.8, 4) is 6.07 Å². The topological polar surface area (TPSA) is 66.5 Å². The molecule has 5 nitrogen and oxygen atoms in total. The number of nitriles is 1. The molecule has 0 amide bonds. The predicted octanol–water partition coefficient (Wildman–Crippen LogP) is 2.08. The van der Waals surface area contributed by atoms with Gasteiger partial charge in [-0.05, 0) is 12.1 Å². The molecule has 0 unspecified atom stereocenters. The molecule has 2 aromatic rings. The first kappa shape index (κ1) is 10.5. The first-order valence-electron chi connectivity index (χ1n) is 4.52. The summed E-state index contributed by atoms with van der Waals surface area (Å²) in [5.74, 6) is 1.16. The van der Waals surface area contributed by atoms with E-state index in [1.54, 1.807) is 23.0 Å². The van der Waals surface area contributed by atoms with E-state index in [4.69, 9.17) is 16.9 Å². The van der Waals surface area contributed by atoms with Gasteiger partial charge in [-0.3, -0.25) is 4.68 Å². The molecule has 0 bridgehead atoms. The Hall–Kier alpha value is -2.06. The lowest BCUT2D eigenvalue weighted by Crippen LogP contribution is -1.96. The summed E-state index contributed by atoms with van der Waals surface area (Å²) in [6.07, 6.45) is 1.80. The van der Waals surface area contributed by atoms with Gasteiger partial charge in [-0.1, -0.05) is 11.6 Å². The third-order valence-corrected chi connectivity index (χ3v) is 2.09. The standard InChI is InChI=1S/C10H8ClN5/c1-16-3-2-9(15-16)14-10-5-7(6-12)4-8(11)13-10/h2-5H,1H3,(H,13,14,15). The Labute approximate surface area is 97.3 Å². The summed E-state index contributed by atoms with van der Waals surface area (Å²) in [6, 6.07) is 6.93. The van der Waals surface area contributed by atoms with Gasteiger partial charge in [0.05, 0.1) is 11.6 Å². The molecule has 0 saturated heterocycles. The Bertz CT molecular complexity index is 555. The van der Waals surface area contributed by atoms with Gasteiger partial charge in [0.2, 0.25) is 0 Å². The van der Waals surface area contributed by atoms with Crippen LogP contribution in [0.2, 0.25) is 5.15 Å². The average Bonchev–Trinajstić information content (AvgIpc) is 2.63. The van der Waals surface area contributed by atoms with Crippen LogP contribution in [0.15, 0.2) is 24.4 Å². The Balaban J connectivity index is 2.28. The van der Waals surface area contributed by atoms with Gasteiger partial charge in [0.15, 0.2) is 5.82 Å². The quantitative estimate of drug-likeness (QED) is 0.807. The highest BCUT2D eigenvalue weighted by Crippen LogP contribution is 2.17. The van der Waals surface area contributed by atoms with E-state index >= 15 is 0 Å². The summed E-state index contributed by atoms with van der Waals surface area (Å²) in [6.45, 7) is 0. The van der Waals surface area contributed by atoms with Crippen LogP contribution in [-0.4, -0.2) is 14.8 Å². The van der Waals surface area contributed by atoms with Crippen molar-refractivity contribution < 1.29 is 0 Å². The van der Waals surface area contributed by atoms with Crippen LogP contribution < -0.4 is 5.32 Å². The van der Waals surface area contributed by atoms with Crippen molar-refractivity contribution in [3.05, 3.63) is 35.1 Å². The molecule has 2 heterocycles. The van der Waals surface area contributed by atoms with Crippen LogP contribution in [0.1, 0.15) is 5.56 Å². The average molecular weight is 234 g/mol. The highest BCUT2D eigenvalue weighted by atomic mass is 35.5. The second-order valence-corrected chi connectivity index (χ2v) is 3.56. The van der Waals surface area contributed by atoms with E-state index in [2.05, 4.69) is 15.4 Å². The van der Waals surface area contributed by atoms with Crippen molar-refractivity contribution in [2.75, 3.05) is 5.32 Å². The number of hydrogen-bond donors (Lipinski definition) is 1. The highest BCUT2D eigenvalue weighted by molar-refractivity contribution is 6.29. The molecule has 0 aliphatic carbocycles. The number of nitrogens with zero attached hydrogens (tertiary/aromatic N) is 4. The Morgan fingerprint density at radius 1 is 1.44 bits per heavy atom. The smallest absolute Gasteiger partial charge is 0.153 e. The monoisotopic (exact) mass is 233 g/mol. The minimum atomic E-state index is 0.275. The number of hydrogen-bond acceptors (Lipinski definition) is 4. The van der Waals surface area contributed by atoms with Crippen molar-refractivity contribution in [2.45, 2.75) is 0 Å². The molecule has 6 heteroatoms. The lowest BCUT2D eigenvalue weighted by Gasteiger charge is -2.02. The van der Waals surface area contributed by atoms with Crippen LogP contribution in [0.5, 0.6) is 0 Å². The second-order valence-electron chi connectivity index (χ2n) is 3.18. The maximum Gasteiger partial charge on any atom is 0.153 e. The summed E-state index contributed by atoms with van der Waals surface area (Å²) in [5, 5.41) is 16.1. The van der Waals surface area contributed by atoms with Crippen molar-refractivity contribution in [3.63, 3.8) is 0 Å². The fourth-order valence-corrected chi connectivity index (χ4v) is 1.45. The van der Waals surface area contributed by atoms with Crippen molar-refractivity contribution in [1.29, 1.82) is 5.26 Å². The first-order chi connectivity index (χ1) is 7.67. The van der Waals surface area contributed by atoms with Crippen LogP contribution >= 0.6 is 11.6 Å². The summed E-state index contributed by atoms with van der Waals surface area (Å²) >= 11 is 5.77. The fraction of sp³-hybridized carbons (Fsp3) is 0.100. The zero-order chi connectivity index (χ0) is 11.5. The minimum absolute atomic E-state index is 0.275. The van der Waals surface area contributed by atoms with Crippen LogP contribution in [0.25, 0.3) is 0 Å². The van der Waals surface area contributed by atoms with Gasteiger partial charge in [0, 0.05) is 19.3 Å². The lowest BCUT2D eigenvalue weighted by atomic mass is 10.3. The predicted molar refractivity (Wildman–Crippen MR) is 60.5 cm³/mol. The Morgan fingerprint density at radius 2 is 2.25 bits per heavy atom. The molecule has 0 aliphatic heterocycles. The van der Waals surface area contributed by atoms with E-state index in [0.29, 0.717) is 17.2 Å². The molecule has 1 N–H and O–H groups in total.